The van der Waals surface area contributed by atoms with E-state index in [0.29, 0.717) is 6.61 Å². The van der Waals surface area contributed by atoms with Crippen LogP contribution in [0.25, 0.3) is 0 Å². The van der Waals surface area contributed by atoms with Gasteiger partial charge in [-0.25, -0.2) is 4.79 Å². The number of rotatable bonds is 5. The van der Waals surface area contributed by atoms with Crippen LogP contribution in [0, 0.1) is 5.92 Å². The molecule has 19 heavy (non-hydrogen) atoms. The smallest absolute Gasteiger partial charge is 0.343 e. The maximum atomic E-state index is 12.5. The minimum absolute atomic E-state index is 0.207. The van der Waals surface area contributed by atoms with Crippen molar-refractivity contribution < 1.29 is 14.3 Å². The summed E-state index contributed by atoms with van der Waals surface area (Å²) in [5.41, 5.74) is -0.0313. The van der Waals surface area contributed by atoms with E-state index in [0.717, 1.165) is 31.2 Å². The average molecular weight is 262 g/mol. The topological polar surface area (TPSA) is 35.5 Å². The van der Waals surface area contributed by atoms with E-state index in [9.17, 15) is 4.79 Å². The molecule has 1 unspecified atom stereocenters. The molecule has 1 atom stereocenters. The SMILES string of the molecule is CCOC(=O)C(OC)(c1ccccc1)C1CCCC1. The zero-order chi connectivity index (χ0) is 13.7. The van der Waals surface area contributed by atoms with Crippen molar-refractivity contribution in [3.05, 3.63) is 35.9 Å². The molecular formula is C16H22O3. The average Bonchev–Trinajstić information content (AvgIpc) is 2.96. The van der Waals surface area contributed by atoms with Gasteiger partial charge in [0.15, 0.2) is 5.60 Å². The molecule has 0 amide bonds. The zero-order valence-electron chi connectivity index (χ0n) is 11.7. The van der Waals surface area contributed by atoms with Crippen LogP contribution in [0.5, 0.6) is 0 Å². The van der Waals surface area contributed by atoms with Gasteiger partial charge in [-0.1, -0.05) is 43.2 Å². The number of carbonyl (C=O) groups is 1. The molecular weight excluding hydrogens is 240 g/mol. The van der Waals surface area contributed by atoms with E-state index in [1.165, 1.54) is 0 Å². The lowest BCUT2D eigenvalue weighted by molar-refractivity contribution is -0.178. The predicted octanol–water partition coefficient (Wildman–Crippen LogP) is 3.28. The minimum atomic E-state index is -0.937. The summed E-state index contributed by atoms with van der Waals surface area (Å²) in [5, 5.41) is 0. The molecule has 1 saturated carbocycles. The summed E-state index contributed by atoms with van der Waals surface area (Å²) in [5.74, 6) is -0.0467. The molecule has 0 N–H and O–H groups in total. The predicted molar refractivity (Wildman–Crippen MR) is 73.7 cm³/mol. The highest BCUT2D eigenvalue weighted by Crippen LogP contribution is 2.43. The number of benzene rings is 1. The molecule has 1 aliphatic rings. The van der Waals surface area contributed by atoms with Gasteiger partial charge in [-0.2, -0.15) is 0 Å². The molecule has 0 bridgehead atoms. The lowest BCUT2D eigenvalue weighted by Crippen LogP contribution is -2.45. The van der Waals surface area contributed by atoms with Crippen molar-refractivity contribution in [2.24, 2.45) is 5.92 Å². The van der Waals surface area contributed by atoms with Crippen molar-refractivity contribution >= 4 is 5.97 Å². The first-order valence-corrected chi connectivity index (χ1v) is 7.03. The number of esters is 1. The van der Waals surface area contributed by atoms with Gasteiger partial charge in [-0.05, 0) is 25.3 Å². The van der Waals surface area contributed by atoms with Gasteiger partial charge in [0.2, 0.25) is 0 Å². The van der Waals surface area contributed by atoms with Crippen LogP contribution in [0.3, 0.4) is 0 Å². The van der Waals surface area contributed by atoms with Crippen molar-refractivity contribution in [1.29, 1.82) is 0 Å². The highest BCUT2D eigenvalue weighted by atomic mass is 16.6. The third-order valence-electron chi connectivity index (χ3n) is 4.03. The van der Waals surface area contributed by atoms with Crippen LogP contribution in [0.1, 0.15) is 38.2 Å². The van der Waals surface area contributed by atoms with Crippen LogP contribution in [-0.4, -0.2) is 19.7 Å². The fourth-order valence-corrected chi connectivity index (χ4v) is 3.14. The Morgan fingerprint density at radius 3 is 2.42 bits per heavy atom. The number of ether oxygens (including phenoxy) is 2. The Morgan fingerprint density at radius 1 is 1.26 bits per heavy atom. The third kappa shape index (κ3) is 2.52. The van der Waals surface area contributed by atoms with Crippen LogP contribution in [0.2, 0.25) is 0 Å². The zero-order valence-corrected chi connectivity index (χ0v) is 11.7. The highest BCUT2D eigenvalue weighted by Gasteiger charge is 2.49. The van der Waals surface area contributed by atoms with Crippen molar-refractivity contribution in [2.75, 3.05) is 13.7 Å². The summed E-state index contributed by atoms with van der Waals surface area (Å²) in [4.78, 5) is 12.5. The van der Waals surface area contributed by atoms with Crippen LogP contribution >= 0.6 is 0 Å². The quantitative estimate of drug-likeness (QED) is 0.764. The fourth-order valence-electron chi connectivity index (χ4n) is 3.14. The second-order valence-electron chi connectivity index (χ2n) is 5.01. The van der Waals surface area contributed by atoms with Gasteiger partial charge >= 0.3 is 5.97 Å². The summed E-state index contributed by atoms with van der Waals surface area (Å²) in [6, 6.07) is 9.75. The molecule has 0 heterocycles. The van der Waals surface area contributed by atoms with Gasteiger partial charge in [-0.3, -0.25) is 0 Å². The van der Waals surface area contributed by atoms with Gasteiger partial charge in [0.25, 0.3) is 0 Å². The van der Waals surface area contributed by atoms with Crippen molar-refractivity contribution in [2.45, 2.75) is 38.2 Å². The highest BCUT2D eigenvalue weighted by molar-refractivity contribution is 5.82. The monoisotopic (exact) mass is 262 g/mol. The molecule has 1 aliphatic carbocycles. The molecule has 0 spiro atoms. The molecule has 0 radical (unpaired) electrons. The molecule has 3 nitrogen and oxygen atoms in total. The molecule has 0 aliphatic heterocycles. The van der Waals surface area contributed by atoms with E-state index < -0.39 is 5.60 Å². The Morgan fingerprint density at radius 2 is 1.89 bits per heavy atom. The van der Waals surface area contributed by atoms with E-state index >= 15 is 0 Å². The maximum Gasteiger partial charge on any atom is 0.343 e. The Bertz CT molecular complexity index is 409. The number of hydrogen-bond acceptors (Lipinski definition) is 3. The first-order chi connectivity index (χ1) is 9.25. The number of methoxy groups -OCH3 is 1. The van der Waals surface area contributed by atoms with Gasteiger partial charge < -0.3 is 9.47 Å². The summed E-state index contributed by atoms with van der Waals surface area (Å²) < 4.78 is 11.0. The summed E-state index contributed by atoms with van der Waals surface area (Å²) in [6.07, 6.45) is 4.34. The van der Waals surface area contributed by atoms with E-state index in [-0.39, 0.29) is 11.9 Å². The molecule has 1 fully saturated rings. The van der Waals surface area contributed by atoms with Crippen LogP contribution < -0.4 is 0 Å². The Hall–Kier alpha value is -1.35. The third-order valence-corrected chi connectivity index (χ3v) is 4.03. The van der Waals surface area contributed by atoms with Crippen molar-refractivity contribution in [3.63, 3.8) is 0 Å². The van der Waals surface area contributed by atoms with E-state index in [4.69, 9.17) is 9.47 Å². The Labute approximate surface area is 114 Å². The largest absolute Gasteiger partial charge is 0.464 e. The van der Waals surface area contributed by atoms with E-state index in [2.05, 4.69) is 0 Å². The van der Waals surface area contributed by atoms with Gasteiger partial charge in [-0.15, -0.1) is 0 Å². The molecule has 0 aromatic heterocycles. The maximum absolute atomic E-state index is 12.5. The second kappa shape index (κ2) is 6.20. The molecule has 0 saturated heterocycles. The van der Waals surface area contributed by atoms with E-state index in [1.54, 1.807) is 7.11 Å². The summed E-state index contributed by atoms with van der Waals surface area (Å²) in [7, 11) is 1.61. The molecule has 2 rings (SSSR count). The normalized spacial score (nSPS) is 19.1. The number of carbonyl (C=O) groups excluding carboxylic acids is 1. The minimum Gasteiger partial charge on any atom is -0.464 e. The molecule has 104 valence electrons. The number of hydrogen-bond donors (Lipinski definition) is 0. The van der Waals surface area contributed by atoms with Crippen LogP contribution in [-0.2, 0) is 19.9 Å². The van der Waals surface area contributed by atoms with Crippen molar-refractivity contribution in [1.82, 2.24) is 0 Å². The van der Waals surface area contributed by atoms with Gasteiger partial charge in [0.1, 0.15) is 0 Å². The molecule has 1 aromatic rings. The summed E-state index contributed by atoms with van der Waals surface area (Å²) in [6.45, 7) is 2.21. The van der Waals surface area contributed by atoms with Crippen LogP contribution in [0.4, 0.5) is 0 Å². The van der Waals surface area contributed by atoms with Crippen molar-refractivity contribution in [3.8, 4) is 0 Å². The standard InChI is InChI=1S/C16H22O3/c1-3-19-15(17)16(18-2,14-11-7-8-12-14)13-9-5-4-6-10-13/h4-6,9-10,14H,3,7-8,11-12H2,1-2H3. The van der Waals surface area contributed by atoms with Gasteiger partial charge in [0, 0.05) is 13.0 Å². The fraction of sp³-hybridized carbons (Fsp3) is 0.562. The second-order valence-corrected chi connectivity index (χ2v) is 5.01. The van der Waals surface area contributed by atoms with Gasteiger partial charge in [0.05, 0.1) is 6.61 Å². The Balaban J connectivity index is 2.43. The summed E-state index contributed by atoms with van der Waals surface area (Å²) >= 11 is 0. The van der Waals surface area contributed by atoms with Crippen LogP contribution in [0.15, 0.2) is 30.3 Å². The molecule has 1 aromatic carbocycles. The molecule has 3 heteroatoms. The first kappa shape index (κ1) is 14.1. The lowest BCUT2D eigenvalue weighted by atomic mass is 9.80. The van der Waals surface area contributed by atoms with E-state index in [1.807, 2.05) is 37.3 Å². The first-order valence-electron chi connectivity index (χ1n) is 7.03. The Kier molecular flexibility index (Phi) is 4.59. The lowest BCUT2D eigenvalue weighted by Gasteiger charge is -2.35.